The summed E-state index contributed by atoms with van der Waals surface area (Å²) in [5.74, 6) is -1.83. The lowest BCUT2D eigenvalue weighted by Crippen LogP contribution is -2.59. The van der Waals surface area contributed by atoms with E-state index in [4.69, 9.17) is 14.2 Å². The quantitative estimate of drug-likeness (QED) is 0.119. The van der Waals surface area contributed by atoms with Crippen LogP contribution in [0.2, 0.25) is 0 Å². The molecular formula is C41H69N5O8. The summed E-state index contributed by atoms with van der Waals surface area (Å²) >= 11 is 0. The van der Waals surface area contributed by atoms with Gasteiger partial charge < -0.3 is 34.4 Å². The molecule has 13 heteroatoms. The number of esters is 1. The van der Waals surface area contributed by atoms with E-state index in [2.05, 4.69) is 36.3 Å². The van der Waals surface area contributed by atoms with E-state index in [9.17, 15) is 24.3 Å². The lowest BCUT2D eigenvalue weighted by atomic mass is 9.89. The van der Waals surface area contributed by atoms with Crippen LogP contribution in [0.4, 0.5) is 0 Å². The molecule has 0 aromatic heterocycles. The number of hydrogen-bond acceptors (Lipinski definition) is 10. The van der Waals surface area contributed by atoms with Crippen molar-refractivity contribution in [1.82, 2.24) is 25.3 Å². The maximum absolute atomic E-state index is 14.3. The van der Waals surface area contributed by atoms with Gasteiger partial charge in [-0.05, 0) is 64.1 Å². The van der Waals surface area contributed by atoms with Gasteiger partial charge in [-0.15, -0.1) is 0 Å². The van der Waals surface area contributed by atoms with Gasteiger partial charge in [0.2, 0.25) is 17.7 Å². The minimum atomic E-state index is -0.880. The molecule has 1 aromatic carbocycles. The number of carbonyl (C=O) groups excluding carboxylic acids is 4. The molecule has 2 aliphatic rings. The zero-order chi connectivity index (χ0) is 40.0. The van der Waals surface area contributed by atoms with Crippen molar-refractivity contribution in [2.45, 2.75) is 135 Å². The van der Waals surface area contributed by atoms with E-state index >= 15 is 0 Å². The molecule has 1 unspecified atom stereocenters. The van der Waals surface area contributed by atoms with Gasteiger partial charge in [-0.2, -0.15) is 0 Å². The van der Waals surface area contributed by atoms with Gasteiger partial charge in [0, 0.05) is 33.7 Å². The third kappa shape index (κ3) is 11.5. The SMILES string of the molecule is CCCCN(C(=O)CNC(O)[C@]1(C)CCCN1C)[C@@H]([C@@H](C)CC)[C@@H](CC(=O)N1CCC[C@H]1[C@H](OC)[C@@H](C)C(=O)N[C@@H](Cc1ccccc1)C(=O)OC)OC. The molecule has 13 nitrogen and oxygen atoms in total. The average Bonchev–Trinajstić information content (AvgIpc) is 3.80. The van der Waals surface area contributed by atoms with Crippen molar-refractivity contribution in [3.63, 3.8) is 0 Å². The number of benzene rings is 1. The highest BCUT2D eigenvalue weighted by molar-refractivity contribution is 5.86. The monoisotopic (exact) mass is 760 g/mol. The Kier molecular flexibility index (Phi) is 18.3. The molecule has 9 atom stereocenters. The summed E-state index contributed by atoms with van der Waals surface area (Å²) in [5.41, 5.74) is 0.428. The molecule has 2 aliphatic heterocycles. The van der Waals surface area contributed by atoms with Crippen LogP contribution in [-0.2, 0) is 39.8 Å². The van der Waals surface area contributed by atoms with Crippen LogP contribution >= 0.6 is 0 Å². The maximum atomic E-state index is 14.3. The van der Waals surface area contributed by atoms with Crippen molar-refractivity contribution in [3.8, 4) is 0 Å². The van der Waals surface area contributed by atoms with Gasteiger partial charge in [-0.3, -0.25) is 24.6 Å². The zero-order valence-electron chi connectivity index (χ0n) is 34.3. The minimum absolute atomic E-state index is 0.0235. The zero-order valence-corrected chi connectivity index (χ0v) is 34.3. The second kappa shape index (κ2) is 21.8. The Labute approximate surface area is 323 Å². The minimum Gasteiger partial charge on any atom is -0.467 e. The Morgan fingerprint density at radius 2 is 1.74 bits per heavy atom. The van der Waals surface area contributed by atoms with Crippen LogP contribution < -0.4 is 10.6 Å². The van der Waals surface area contributed by atoms with Gasteiger partial charge in [-0.25, -0.2) is 4.79 Å². The second-order valence-corrected chi connectivity index (χ2v) is 15.5. The lowest BCUT2D eigenvalue weighted by molar-refractivity contribution is -0.148. The largest absolute Gasteiger partial charge is 0.467 e. The van der Waals surface area contributed by atoms with Gasteiger partial charge in [0.25, 0.3) is 0 Å². The first-order valence-corrected chi connectivity index (χ1v) is 20.0. The van der Waals surface area contributed by atoms with E-state index in [1.54, 1.807) is 26.0 Å². The van der Waals surface area contributed by atoms with Gasteiger partial charge in [0.05, 0.1) is 55.8 Å². The van der Waals surface area contributed by atoms with Crippen molar-refractivity contribution >= 4 is 23.7 Å². The topological polar surface area (TPSA) is 150 Å². The highest BCUT2D eigenvalue weighted by atomic mass is 16.5. The summed E-state index contributed by atoms with van der Waals surface area (Å²) in [4.78, 5) is 60.5. The molecule has 2 fully saturated rings. The first-order chi connectivity index (χ1) is 25.8. The molecule has 2 heterocycles. The number of nitrogens with one attached hydrogen (secondary N) is 2. The smallest absolute Gasteiger partial charge is 0.328 e. The van der Waals surface area contributed by atoms with Crippen molar-refractivity contribution in [2.75, 3.05) is 54.6 Å². The predicted octanol–water partition coefficient (Wildman–Crippen LogP) is 3.37. The molecule has 54 heavy (non-hydrogen) atoms. The number of likely N-dealkylation sites (tertiary alicyclic amines) is 2. The van der Waals surface area contributed by atoms with E-state index in [0.717, 1.165) is 50.6 Å². The number of nitrogens with zero attached hydrogens (tertiary/aromatic N) is 3. The number of likely N-dealkylation sites (N-methyl/N-ethyl adjacent to an activating group) is 1. The highest BCUT2D eigenvalue weighted by Crippen LogP contribution is 2.31. The van der Waals surface area contributed by atoms with E-state index in [1.807, 2.05) is 49.2 Å². The number of aliphatic hydroxyl groups is 1. The van der Waals surface area contributed by atoms with Crippen molar-refractivity contribution in [2.24, 2.45) is 11.8 Å². The number of unbranched alkanes of at least 4 members (excludes halogenated alkanes) is 1. The maximum Gasteiger partial charge on any atom is 0.328 e. The van der Waals surface area contributed by atoms with Gasteiger partial charge in [0.15, 0.2) is 0 Å². The fourth-order valence-corrected chi connectivity index (χ4v) is 8.26. The summed E-state index contributed by atoms with van der Waals surface area (Å²) in [6.45, 7) is 11.9. The average molecular weight is 760 g/mol. The van der Waals surface area contributed by atoms with Gasteiger partial charge >= 0.3 is 5.97 Å². The van der Waals surface area contributed by atoms with Crippen molar-refractivity contribution < 1.29 is 38.5 Å². The number of hydrogen-bond donors (Lipinski definition) is 3. The van der Waals surface area contributed by atoms with Crippen LogP contribution in [0.5, 0.6) is 0 Å². The van der Waals surface area contributed by atoms with Gasteiger partial charge in [0.1, 0.15) is 12.3 Å². The standard InChI is InChI=1S/C41H69N5O8/c1-10-12-23-46(35(48)27-42-40(51)41(5)21-17-22-44(41)6)36(28(3)11-2)33(52-7)26-34(47)45-24-16-20-32(45)37(53-8)29(4)38(49)43-31(39(50)54-9)25-30-18-14-13-15-19-30/h13-15,18-19,28-29,31-33,36-37,40,42,51H,10-12,16-17,20-27H2,1-9H3,(H,43,49)/t28-,29+,31-,32-,33+,36-,37+,40?,41-/m0/s1. The summed E-state index contributed by atoms with van der Waals surface area (Å²) in [6, 6.07) is 7.79. The Hall–Kier alpha value is -3.10. The molecule has 0 bridgehead atoms. The molecule has 2 saturated heterocycles. The Morgan fingerprint density at radius 3 is 2.31 bits per heavy atom. The molecule has 0 spiro atoms. The normalized spacial score (nSPS) is 22.9. The summed E-state index contributed by atoms with van der Waals surface area (Å²) in [5, 5.41) is 17.1. The number of ether oxygens (including phenoxy) is 3. The summed E-state index contributed by atoms with van der Waals surface area (Å²) < 4.78 is 17.0. The number of aliphatic hydroxyl groups excluding tert-OH is 1. The van der Waals surface area contributed by atoms with Crippen LogP contribution in [0.25, 0.3) is 0 Å². The van der Waals surface area contributed by atoms with E-state index in [1.165, 1.54) is 7.11 Å². The fraction of sp³-hybridized carbons (Fsp3) is 0.756. The molecular weight excluding hydrogens is 690 g/mol. The Bertz CT molecular complexity index is 1340. The Balaban J connectivity index is 1.77. The third-order valence-corrected chi connectivity index (χ3v) is 12.1. The van der Waals surface area contributed by atoms with Crippen LogP contribution in [0.15, 0.2) is 30.3 Å². The summed E-state index contributed by atoms with van der Waals surface area (Å²) in [6.07, 6.45) is 3.92. The fourth-order valence-electron chi connectivity index (χ4n) is 8.26. The van der Waals surface area contributed by atoms with Crippen LogP contribution in [0, 0.1) is 11.8 Å². The molecule has 306 valence electrons. The molecule has 0 aliphatic carbocycles. The molecule has 1 aromatic rings. The molecule has 3 N–H and O–H groups in total. The van der Waals surface area contributed by atoms with E-state index in [-0.39, 0.29) is 55.1 Å². The van der Waals surface area contributed by atoms with Crippen LogP contribution in [0.1, 0.15) is 91.5 Å². The first-order valence-electron chi connectivity index (χ1n) is 20.0. The van der Waals surface area contributed by atoms with Crippen LogP contribution in [-0.4, -0.2) is 140 Å². The van der Waals surface area contributed by atoms with Crippen molar-refractivity contribution in [1.29, 1.82) is 0 Å². The lowest BCUT2D eigenvalue weighted by Gasteiger charge is -2.42. The molecule has 0 radical (unpaired) electrons. The molecule has 0 saturated carbocycles. The first kappa shape index (κ1) is 45.3. The molecule has 3 amide bonds. The number of methoxy groups -OCH3 is 3. The second-order valence-electron chi connectivity index (χ2n) is 15.5. The Morgan fingerprint density at radius 1 is 1.04 bits per heavy atom. The summed E-state index contributed by atoms with van der Waals surface area (Å²) in [7, 11) is 6.43. The number of amides is 3. The highest BCUT2D eigenvalue weighted by Gasteiger charge is 2.44. The van der Waals surface area contributed by atoms with Gasteiger partial charge in [-0.1, -0.05) is 70.9 Å². The van der Waals surface area contributed by atoms with Crippen LogP contribution in [0.3, 0.4) is 0 Å². The number of rotatable bonds is 22. The van der Waals surface area contributed by atoms with E-state index in [0.29, 0.717) is 19.5 Å². The van der Waals surface area contributed by atoms with Crippen molar-refractivity contribution in [3.05, 3.63) is 35.9 Å². The molecule has 3 rings (SSSR count). The predicted molar refractivity (Wildman–Crippen MR) is 208 cm³/mol. The van der Waals surface area contributed by atoms with E-state index < -0.39 is 41.9 Å². The third-order valence-electron chi connectivity index (χ3n) is 12.1. The number of carbonyl (C=O) groups is 4.